The van der Waals surface area contributed by atoms with Gasteiger partial charge in [0.25, 0.3) is 0 Å². The lowest BCUT2D eigenvalue weighted by molar-refractivity contribution is 0.111. The van der Waals surface area contributed by atoms with Crippen LogP contribution < -0.4 is 0 Å². The van der Waals surface area contributed by atoms with Crippen LogP contribution in [0.5, 0.6) is 0 Å². The molecule has 0 bridgehead atoms. The van der Waals surface area contributed by atoms with E-state index in [1.807, 2.05) is 0 Å². The molecule has 1 aromatic carbocycles. The normalized spacial score (nSPS) is 10.3. The van der Waals surface area contributed by atoms with E-state index in [1.165, 1.54) is 18.2 Å². The van der Waals surface area contributed by atoms with Crippen molar-refractivity contribution < 1.29 is 9.18 Å². The Morgan fingerprint density at radius 3 is 2.53 bits per heavy atom. The minimum Gasteiger partial charge on any atom is -0.296 e. The number of benzene rings is 1. The molecule has 0 amide bonds. The zero-order valence-electron chi connectivity index (χ0n) is 8.45. The molecule has 5 heteroatoms. The minimum absolute atomic E-state index is 0.0770. The molecule has 86 valence electrons. The highest BCUT2D eigenvalue weighted by Crippen LogP contribution is 2.28. The maximum Gasteiger partial charge on any atom is 0.168 e. The Morgan fingerprint density at radius 1 is 1.12 bits per heavy atom. The van der Waals surface area contributed by atoms with Gasteiger partial charge < -0.3 is 0 Å². The van der Waals surface area contributed by atoms with Crippen molar-refractivity contribution in [3.63, 3.8) is 0 Å². The number of carbonyl (C=O) groups excluding carboxylic acids is 1. The Balaban J connectivity index is 2.58. The SMILES string of the molecule is O=Cc1ccc(F)c(-c2ccc(Cl)c(Cl)c2)n1. The quantitative estimate of drug-likeness (QED) is 0.772. The second kappa shape index (κ2) is 4.82. The second-order valence-electron chi connectivity index (χ2n) is 3.31. The fourth-order valence-corrected chi connectivity index (χ4v) is 1.67. The van der Waals surface area contributed by atoms with Crippen LogP contribution in [0.4, 0.5) is 4.39 Å². The van der Waals surface area contributed by atoms with Gasteiger partial charge in [0, 0.05) is 5.56 Å². The number of halogens is 3. The first-order chi connectivity index (χ1) is 8.11. The predicted molar refractivity (Wildman–Crippen MR) is 65.0 cm³/mol. The summed E-state index contributed by atoms with van der Waals surface area (Å²) in [7, 11) is 0. The van der Waals surface area contributed by atoms with Crippen molar-refractivity contribution in [1.82, 2.24) is 4.98 Å². The topological polar surface area (TPSA) is 30.0 Å². The van der Waals surface area contributed by atoms with E-state index in [0.717, 1.165) is 0 Å². The zero-order chi connectivity index (χ0) is 12.4. The van der Waals surface area contributed by atoms with E-state index < -0.39 is 5.82 Å². The first-order valence-electron chi connectivity index (χ1n) is 4.69. The van der Waals surface area contributed by atoms with Crippen LogP contribution in [0, 0.1) is 5.82 Å². The molecule has 2 aromatic rings. The third kappa shape index (κ3) is 2.46. The molecule has 0 fully saturated rings. The average molecular weight is 270 g/mol. The van der Waals surface area contributed by atoms with Gasteiger partial charge >= 0.3 is 0 Å². The van der Waals surface area contributed by atoms with E-state index in [0.29, 0.717) is 21.9 Å². The molecule has 0 atom stereocenters. The van der Waals surface area contributed by atoms with E-state index in [1.54, 1.807) is 12.1 Å². The summed E-state index contributed by atoms with van der Waals surface area (Å²) in [5, 5.41) is 0.684. The highest BCUT2D eigenvalue weighted by atomic mass is 35.5. The number of aldehydes is 1. The van der Waals surface area contributed by atoms with E-state index >= 15 is 0 Å². The van der Waals surface area contributed by atoms with Crippen molar-refractivity contribution in [1.29, 1.82) is 0 Å². The van der Waals surface area contributed by atoms with Gasteiger partial charge in [0.05, 0.1) is 10.0 Å². The Labute approximate surface area is 107 Å². The van der Waals surface area contributed by atoms with Crippen LogP contribution in [0.25, 0.3) is 11.3 Å². The first kappa shape index (κ1) is 12.0. The lowest BCUT2D eigenvalue weighted by Crippen LogP contribution is -1.94. The summed E-state index contributed by atoms with van der Waals surface area (Å²) in [5.74, 6) is -0.519. The first-order valence-corrected chi connectivity index (χ1v) is 5.44. The van der Waals surface area contributed by atoms with E-state index in [2.05, 4.69) is 4.98 Å². The van der Waals surface area contributed by atoms with Crippen LogP contribution in [0.2, 0.25) is 10.0 Å². The van der Waals surface area contributed by atoms with E-state index in [-0.39, 0.29) is 11.4 Å². The maximum atomic E-state index is 13.6. The fourth-order valence-electron chi connectivity index (χ4n) is 1.37. The zero-order valence-corrected chi connectivity index (χ0v) is 9.97. The molecule has 0 saturated heterocycles. The van der Waals surface area contributed by atoms with Gasteiger partial charge in [-0.05, 0) is 24.3 Å². The number of hydrogen-bond acceptors (Lipinski definition) is 2. The van der Waals surface area contributed by atoms with Crippen LogP contribution in [0.1, 0.15) is 10.5 Å². The van der Waals surface area contributed by atoms with Gasteiger partial charge in [-0.1, -0.05) is 29.3 Å². The van der Waals surface area contributed by atoms with Gasteiger partial charge in [-0.3, -0.25) is 4.79 Å². The summed E-state index contributed by atoms with van der Waals surface area (Å²) in [6, 6.07) is 7.14. The number of aromatic nitrogens is 1. The number of nitrogens with zero attached hydrogens (tertiary/aromatic N) is 1. The van der Waals surface area contributed by atoms with Crippen molar-refractivity contribution in [2.45, 2.75) is 0 Å². The lowest BCUT2D eigenvalue weighted by atomic mass is 10.1. The molecule has 0 aliphatic carbocycles. The molecule has 0 unspecified atom stereocenters. The largest absolute Gasteiger partial charge is 0.296 e. The molecule has 0 aliphatic heterocycles. The van der Waals surface area contributed by atoms with Gasteiger partial charge in [-0.15, -0.1) is 0 Å². The summed E-state index contributed by atoms with van der Waals surface area (Å²) in [6.45, 7) is 0. The summed E-state index contributed by atoms with van der Waals surface area (Å²) < 4.78 is 13.6. The number of hydrogen-bond donors (Lipinski definition) is 0. The fraction of sp³-hybridized carbons (Fsp3) is 0. The van der Waals surface area contributed by atoms with Crippen molar-refractivity contribution in [3.05, 3.63) is 51.9 Å². The number of rotatable bonds is 2. The molecule has 0 radical (unpaired) electrons. The van der Waals surface area contributed by atoms with E-state index in [4.69, 9.17) is 23.2 Å². The number of carbonyl (C=O) groups is 1. The molecule has 0 N–H and O–H groups in total. The van der Waals surface area contributed by atoms with Gasteiger partial charge in [0.2, 0.25) is 0 Å². The van der Waals surface area contributed by atoms with Gasteiger partial charge in [0.15, 0.2) is 6.29 Å². The van der Waals surface area contributed by atoms with Crippen LogP contribution in [-0.2, 0) is 0 Å². The molecule has 17 heavy (non-hydrogen) atoms. The van der Waals surface area contributed by atoms with E-state index in [9.17, 15) is 9.18 Å². The predicted octanol–water partition coefficient (Wildman–Crippen LogP) is 4.01. The molecule has 0 aliphatic rings. The molecular weight excluding hydrogens is 264 g/mol. The van der Waals surface area contributed by atoms with Crippen LogP contribution >= 0.6 is 23.2 Å². The van der Waals surface area contributed by atoms with Crippen molar-refractivity contribution in [2.75, 3.05) is 0 Å². The smallest absolute Gasteiger partial charge is 0.168 e. The summed E-state index contributed by atoms with van der Waals surface area (Å²) in [4.78, 5) is 14.5. The lowest BCUT2D eigenvalue weighted by Gasteiger charge is -2.04. The van der Waals surface area contributed by atoms with Gasteiger partial charge in [-0.2, -0.15) is 0 Å². The third-order valence-corrected chi connectivity index (χ3v) is 2.92. The molecule has 0 saturated carbocycles. The third-order valence-electron chi connectivity index (χ3n) is 2.18. The highest BCUT2D eigenvalue weighted by molar-refractivity contribution is 6.42. The standard InChI is InChI=1S/C12H6Cl2FNO/c13-9-3-1-7(5-10(9)14)12-11(15)4-2-8(6-17)16-12/h1-6H. The van der Waals surface area contributed by atoms with Gasteiger partial charge in [-0.25, -0.2) is 9.37 Å². The molecule has 1 heterocycles. The van der Waals surface area contributed by atoms with Crippen molar-refractivity contribution >= 4 is 29.5 Å². The summed E-state index contributed by atoms with van der Waals surface area (Å²) in [5.41, 5.74) is 0.709. The maximum absolute atomic E-state index is 13.6. The van der Waals surface area contributed by atoms with Crippen molar-refractivity contribution in [2.24, 2.45) is 0 Å². The summed E-state index contributed by atoms with van der Waals surface area (Å²) >= 11 is 11.6. The van der Waals surface area contributed by atoms with Crippen molar-refractivity contribution in [3.8, 4) is 11.3 Å². The van der Waals surface area contributed by atoms with Crippen LogP contribution in [-0.4, -0.2) is 11.3 Å². The van der Waals surface area contributed by atoms with Crippen LogP contribution in [0.3, 0.4) is 0 Å². The Kier molecular flexibility index (Phi) is 3.41. The monoisotopic (exact) mass is 269 g/mol. The molecular formula is C12H6Cl2FNO. The Bertz CT molecular complexity index is 587. The molecule has 1 aromatic heterocycles. The second-order valence-corrected chi connectivity index (χ2v) is 4.13. The molecule has 0 spiro atoms. The highest BCUT2D eigenvalue weighted by Gasteiger charge is 2.09. The average Bonchev–Trinajstić information content (AvgIpc) is 2.33. The Hall–Kier alpha value is -1.45. The minimum atomic E-state index is -0.519. The number of pyridine rings is 1. The Morgan fingerprint density at radius 2 is 1.88 bits per heavy atom. The molecule has 2 nitrogen and oxygen atoms in total. The summed E-state index contributed by atoms with van der Waals surface area (Å²) in [6.07, 6.45) is 0.556. The molecule has 2 rings (SSSR count). The van der Waals surface area contributed by atoms with Crippen LogP contribution in [0.15, 0.2) is 30.3 Å². The van der Waals surface area contributed by atoms with Gasteiger partial charge in [0.1, 0.15) is 17.2 Å².